The van der Waals surface area contributed by atoms with Gasteiger partial charge in [0.05, 0.1) is 5.56 Å². The number of benzene rings is 5. The number of nitrogens with zero attached hydrogens (tertiary/aromatic N) is 2. The van der Waals surface area contributed by atoms with Crippen LogP contribution in [0.4, 0.5) is 13.2 Å². The number of aromatic amines is 4. The number of alkyl halides is 3. The fourth-order valence-corrected chi connectivity index (χ4v) is 11.5. The molecule has 418 valence electrons. The van der Waals surface area contributed by atoms with E-state index < -0.39 is 17.6 Å². The van der Waals surface area contributed by atoms with Gasteiger partial charge < -0.3 is 58.0 Å². The van der Waals surface area contributed by atoms with Gasteiger partial charge in [0.1, 0.15) is 0 Å². The first-order chi connectivity index (χ1) is 38.4. The summed E-state index contributed by atoms with van der Waals surface area (Å²) in [4.78, 5) is 64.0. The van der Waals surface area contributed by atoms with E-state index in [1.807, 2.05) is 36.4 Å². The third-order valence-corrected chi connectivity index (χ3v) is 15.8. The number of halogens is 3. The number of nitrogens with one attached hydrogen (secondary N) is 5. The molecule has 0 bridgehead atoms. The Balaban J connectivity index is 0.000000129. The predicted molar refractivity (Wildman–Crippen MR) is 311 cm³/mol. The molecule has 3 aliphatic heterocycles. The lowest BCUT2D eigenvalue weighted by Gasteiger charge is -2.31. The summed E-state index contributed by atoms with van der Waals surface area (Å²) in [6, 6.07) is 34.9. The number of carbonyl (C=O) groups excluding carboxylic acids is 4. The van der Waals surface area contributed by atoms with Crippen LogP contribution in [-0.4, -0.2) is 106 Å². The molecule has 5 aromatic carbocycles. The molecule has 4 aromatic heterocycles. The molecule has 7 heterocycles. The topological polar surface area (TPSA) is 254 Å². The van der Waals surface area contributed by atoms with Crippen LogP contribution in [-0.2, 0) is 6.18 Å². The van der Waals surface area contributed by atoms with Crippen LogP contribution >= 0.6 is 0 Å². The van der Waals surface area contributed by atoms with E-state index in [1.54, 1.807) is 48.5 Å². The standard InChI is InChI=1S/C17H23N3O.C16H11F3N2O.C15H19N3O.C14H17N3O/c1-2-8-20-9-6-12(7-10-20)16-11-14-13(17(18)21)4-3-5-15(14)19-16;17-16(18,19)10-4-1-3-9(7-10)14-8-12-11(15(20)22)5-2-6-13(12)21-14;1-18-7-5-10(6-8-18)14-9-12-11(15(16)19)3-2-4-13(12)17-14;15-14(18)10-2-1-3-12-11(10)8-13(17-12)9-4-6-16-7-5-9/h3-5,11-12,19H,2,6-10H2,1H3,(H2,18,21);1-8,21H,(H2,20,22);2-4,9-10,17H,5-8H2,1H3,(H2,16,19);1-3,8-9,16-17H,4-7H2,(H2,15,18). The Labute approximate surface area is 462 Å². The summed E-state index contributed by atoms with van der Waals surface area (Å²) in [6.07, 6.45) is 3.78. The molecule has 0 radical (unpaired) electrons. The molecule has 13 N–H and O–H groups in total. The van der Waals surface area contributed by atoms with Crippen molar-refractivity contribution in [2.75, 3.05) is 52.9 Å². The second-order valence-electron chi connectivity index (χ2n) is 21.2. The first kappa shape index (κ1) is 56.5. The molecule has 12 rings (SSSR count). The molecule has 15 nitrogen and oxygen atoms in total. The van der Waals surface area contributed by atoms with Gasteiger partial charge in [0, 0.05) is 106 Å². The van der Waals surface area contributed by atoms with E-state index in [9.17, 15) is 32.3 Å². The minimum atomic E-state index is -4.40. The maximum absolute atomic E-state index is 12.8. The van der Waals surface area contributed by atoms with E-state index in [-0.39, 0.29) is 17.7 Å². The van der Waals surface area contributed by atoms with Crippen LogP contribution in [0.2, 0.25) is 0 Å². The average molecular weight is 1090 g/mol. The number of piperidine rings is 3. The summed E-state index contributed by atoms with van der Waals surface area (Å²) in [7, 11) is 2.16. The number of fused-ring (bicyclic) bond motifs is 4. The van der Waals surface area contributed by atoms with Gasteiger partial charge in [0.2, 0.25) is 23.6 Å². The summed E-state index contributed by atoms with van der Waals surface area (Å²) in [5.41, 5.74) is 31.3. The average Bonchev–Trinajstić information content (AvgIpc) is 4.30. The molecule has 0 spiro atoms. The highest BCUT2D eigenvalue weighted by Crippen LogP contribution is 2.36. The van der Waals surface area contributed by atoms with Crippen LogP contribution in [0.3, 0.4) is 0 Å². The van der Waals surface area contributed by atoms with E-state index in [2.05, 4.69) is 67.2 Å². The van der Waals surface area contributed by atoms with E-state index in [1.165, 1.54) is 49.0 Å². The largest absolute Gasteiger partial charge is 0.416 e. The minimum Gasteiger partial charge on any atom is -0.366 e. The number of primary amides is 4. The zero-order valence-electron chi connectivity index (χ0n) is 45.1. The number of carbonyl (C=O) groups is 4. The van der Waals surface area contributed by atoms with Gasteiger partial charge in [-0.2, -0.15) is 13.2 Å². The number of amides is 4. The van der Waals surface area contributed by atoms with Crippen molar-refractivity contribution < 1.29 is 32.3 Å². The number of nitrogens with two attached hydrogens (primary N) is 4. The van der Waals surface area contributed by atoms with Crippen LogP contribution in [0.5, 0.6) is 0 Å². The summed E-state index contributed by atoms with van der Waals surface area (Å²) in [6.45, 7) is 10.1. The maximum Gasteiger partial charge on any atom is 0.416 e. The third-order valence-electron chi connectivity index (χ3n) is 15.8. The Bertz CT molecular complexity index is 3650. The van der Waals surface area contributed by atoms with Gasteiger partial charge in [-0.05, 0) is 188 Å². The first-order valence-corrected chi connectivity index (χ1v) is 27.4. The highest BCUT2D eigenvalue weighted by atomic mass is 19.4. The van der Waals surface area contributed by atoms with E-state index in [0.29, 0.717) is 62.2 Å². The second kappa shape index (κ2) is 24.9. The first-order valence-electron chi connectivity index (χ1n) is 27.4. The van der Waals surface area contributed by atoms with Gasteiger partial charge in [-0.25, -0.2) is 0 Å². The monoisotopic (exact) mass is 1090 g/mol. The summed E-state index contributed by atoms with van der Waals surface area (Å²) < 4.78 is 38.4. The molecular weight excluding hydrogens is 1020 g/mol. The van der Waals surface area contributed by atoms with Crippen molar-refractivity contribution in [2.45, 2.75) is 75.8 Å². The molecule has 9 aromatic rings. The number of H-pyrrole nitrogens is 4. The van der Waals surface area contributed by atoms with Crippen molar-refractivity contribution in [1.29, 1.82) is 0 Å². The lowest BCUT2D eigenvalue weighted by molar-refractivity contribution is -0.137. The highest BCUT2D eigenvalue weighted by Gasteiger charge is 2.31. The fraction of sp³-hybridized carbons (Fsp3) is 0.323. The van der Waals surface area contributed by atoms with Gasteiger partial charge in [-0.15, -0.1) is 0 Å². The van der Waals surface area contributed by atoms with Crippen LogP contribution in [0.1, 0.15) is 134 Å². The minimum absolute atomic E-state index is 0.326. The van der Waals surface area contributed by atoms with E-state index >= 15 is 0 Å². The predicted octanol–water partition coefficient (Wildman–Crippen LogP) is 10.6. The van der Waals surface area contributed by atoms with Crippen molar-refractivity contribution in [2.24, 2.45) is 22.9 Å². The SMILES string of the molecule is CCCN1CCC(c2cc3c(C(N)=O)cccc3[nH]2)CC1.CN1CCC(c2cc3c(C(N)=O)cccc3[nH]2)CC1.NC(=O)c1cccc2[nH]c(-c3cccc(C(F)(F)F)c3)cc12.NC(=O)c1cccc2[nH]c(C3CCNCC3)cc12. The van der Waals surface area contributed by atoms with Crippen molar-refractivity contribution in [3.05, 3.63) is 166 Å². The Morgan fingerprint density at radius 2 is 0.875 bits per heavy atom. The zero-order chi connectivity index (χ0) is 56.7. The normalized spacial score (nSPS) is 15.9. The van der Waals surface area contributed by atoms with Gasteiger partial charge >= 0.3 is 6.18 Å². The van der Waals surface area contributed by atoms with Crippen molar-refractivity contribution in [3.8, 4) is 11.3 Å². The molecule has 18 heteroatoms. The lowest BCUT2D eigenvalue weighted by Crippen LogP contribution is -2.33. The Kier molecular flexibility index (Phi) is 17.6. The van der Waals surface area contributed by atoms with Gasteiger partial charge in [0.25, 0.3) is 0 Å². The van der Waals surface area contributed by atoms with Crippen LogP contribution in [0, 0.1) is 0 Å². The second-order valence-corrected chi connectivity index (χ2v) is 21.2. The molecule has 3 saturated heterocycles. The Morgan fingerprint density at radius 1 is 0.500 bits per heavy atom. The van der Waals surface area contributed by atoms with Crippen molar-refractivity contribution >= 4 is 67.2 Å². The van der Waals surface area contributed by atoms with Crippen molar-refractivity contribution in [1.82, 2.24) is 35.1 Å². The molecule has 0 aliphatic carbocycles. The Morgan fingerprint density at radius 3 is 1.27 bits per heavy atom. The van der Waals surface area contributed by atoms with E-state index in [4.69, 9.17) is 22.9 Å². The summed E-state index contributed by atoms with van der Waals surface area (Å²) in [5.74, 6) is 0.00929. The maximum atomic E-state index is 12.8. The lowest BCUT2D eigenvalue weighted by atomic mass is 9.93. The van der Waals surface area contributed by atoms with E-state index in [0.717, 1.165) is 110 Å². The smallest absolute Gasteiger partial charge is 0.366 e. The molecule has 0 saturated carbocycles. The van der Waals surface area contributed by atoms with Gasteiger partial charge in [-0.1, -0.05) is 43.3 Å². The summed E-state index contributed by atoms with van der Waals surface area (Å²) in [5, 5.41) is 6.79. The van der Waals surface area contributed by atoms with Gasteiger partial charge in [-0.3, -0.25) is 19.2 Å². The fourth-order valence-electron chi connectivity index (χ4n) is 11.5. The Hall–Kier alpha value is -8.19. The van der Waals surface area contributed by atoms with Gasteiger partial charge in [0.15, 0.2) is 0 Å². The number of aromatic nitrogens is 4. The summed E-state index contributed by atoms with van der Waals surface area (Å²) >= 11 is 0. The quantitative estimate of drug-likeness (QED) is 0.0640. The molecule has 4 amide bonds. The molecule has 0 unspecified atom stereocenters. The number of rotatable bonds is 10. The molecule has 3 fully saturated rings. The number of hydrogen-bond donors (Lipinski definition) is 9. The highest BCUT2D eigenvalue weighted by molar-refractivity contribution is 6.08. The zero-order valence-corrected chi connectivity index (χ0v) is 45.1. The molecule has 0 atom stereocenters. The third kappa shape index (κ3) is 13.1. The molecular formula is C62H70F3N11O4. The van der Waals surface area contributed by atoms with Crippen LogP contribution in [0.25, 0.3) is 54.9 Å². The molecule has 3 aliphatic rings. The number of likely N-dealkylation sites (tertiary alicyclic amines) is 2. The molecule has 80 heavy (non-hydrogen) atoms. The van der Waals surface area contributed by atoms with Crippen LogP contribution in [0.15, 0.2) is 121 Å². The van der Waals surface area contributed by atoms with Crippen molar-refractivity contribution in [3.63, 3.8) is 0 Å². The van der Waals surface area contributed by atoms with Crippen LogP contribution < -0.4 is 28.3 Å². The number of hydrogen-bond acceptors (Lipinski definition) is 7.